The molecule has 1 atom stereocenters. The molecule has 1 aliphatic rings. The molecule has 0 heterocycles. The molecule has 0 spiro atoms. The lowest BCUT2D eigenvalue weighted by Gasteiger charge is -2.39. The van der Waals surface area contributed by atoms with E-state index in [0.717, 1.165) is 6.54 Å². The van der Waals surface area contributed by atoms with Crippen LogP contribution in [0.5, 0.6) is 0 Å². The minimum atomic E-state index is 0.140. The van der Waals surface area contributed by atoms with Crippen LogP contribution in [0.2, 0.25) is 0 Å². The van der Waals surface area contributed by atoms with Gasteiger partial charge in [0.25, 0.3) is 0 Å². The average Bonchev–Trinajstić information content (AvgIpc) is 2.19. The fourth-order valence-corrected chi connectivity index (χ4v) is 2.75. The third-order valence-electron chi connectivity index (χ3n) is 3.41. The van der Waals surface area contributed by atoms with Crippen molar-refractivity contribution in [1.29, 1.82) is 0 Å². The summed E-state index contributed by atoms with van der Waals surface area (Å²) in [5, 5.41) is 3.30. The standard InChI is InChI=1S/C13H27NO/c1-4-8-12(2)15-13(11-14-3)9-6-5-7-10-13/h12,14H,4-11H2,1-3H3. The van der Waals surface area contributed by atoms with E-state index in [4.69, 9.17) is 4.74 Å². The van der Waals surface area contributed by atoms with Crippen molar-refractivity contribution in [3.05, 3.63) is 0 Å². The van der Waals surface area contributed by atoms with Crippen molar-refractivity contribution in [1.82, 2.24) is 5.32 Å². The largest absolute Gasteiger partial charge is 0.371 e. The van der Waals surface area contributed by atoms with Gasteiger partial charge >= 0.3 is 0 Å². The van der Waals surface area contributed by atoms with Crippen molar-refractivity contribution in [3.63, 3.8) is 0 Å². The Labute approximate surface area is 94.8 Å². The second-order valence-electron chi connectivity index (χ2n) is 4.99. The van der Waals surface area contributed by atoms with Gasteiger partial charge in [-0.3, -0.25) is 0 Å². The Kier molecular flexibility index (Phi) is 5.62. The molecule has 0 amide bonds. The summed E-state index contributed by atoms with van der Waals surface area (Å²) < 4.78 is 6.30. The molecule has 1 rings (SSSR count). The fourth-order valence-electron chi connectivity index (χ4n) is 2.75. The van der Waals surface area contributed by atoms with Crippen molar-refractivity contribution in [3.8, 4) is 0 Å². The lowest BCUT2D eigenvalue weighted by atomic mass is 9.84. The summed E-state index contributed by atoms with van der Waals surface area (Å²) in [6.45, 7) is 5.46. The molecule has 2 nitrogen and oxygen atoms in total. The summed E-state index contributed by atoms with van der Waals surface area (Å²) in [7, 11) is 2.03. The van der Waals surface area contributed by atoms with Crippen molar-refractivity contribution < 1.29 is 4.74 Å². The van der Waals surface area contributed by atoms with E-state index in [2.05, 4.69) is 19.2 Å². The number of ether oxygens (including phenoxy) is 1. The molecule has 0 aromatic rings. The quantitative estimate of drug-likeness (QED) is 0.732. The van der Waals surface area contributed by atoms with E-state index in [0.29, 0.717) is 6.10 Å². The van der Waals surface area contributed by atoms with Crippen LogP contribution < -0.4 is 5.32 Å². The summed E-state index contributed by atoms with van der Waals surface area (Å²) in [6.07, 6.45) is 9.35. The molecule has 1 aliphatic carbocycles. The van der Waals surface area contributed by atoms with Crippen LogP contribution in [-0.4, -0.2) is 25.3 Å². The lowest BCUT2D eigenvalue weighted by molar-refractivity contribution is -0.107. The van der Waals surface area contributed by atoms with Gasteiger partial charge in [0.1, 0.15) is 0 Å². The van der Waals surface area contributed by atoms with Gasteiger partial charge in [0.15, 0.2) is 0 Å². The molecule has 90 valence electrons. The van der Waals surface area contributed by atoms with Gasteiger partial charge < -0.3 is 10.1 Å². The average molecular weight is 213 g/mol. The maximum atomic E-state index is 6.30. The smallest absolute Gasteiger partial charge is 0.0809 e. The fraction of sp³-hybridized carbons (Fsp3) is 1.00. The molecule has 1 unspecified atom stereocenters. The topological polar surface area (TPSA) is 21.3 Å². The molecule has 1 N–H and O–H groups in total. The molecule has 1 saturated carbocycles. The molecule has 0 aliphatic heterocycles. The molecule has 0 bridgehead atoms. The number of hydrogen-bond acceptors (Lipinski definition) is 2. The van der Waals surface area contributed by atoms with Crippen LogP contribution in [0.3, 0.4) is 0 Å². The van der Waals surface area contributed by atoms with Crippen LogP contribution in [0.1, 0.15) is 58.8 Å². The summed E-state index contributed by atoms with van der Waals surface area (Å²) in [4.78, 5) is 0. The van der Waals surface area contributed by atoms with Crippen molar-refractivity contribution in [2.75, 3.05) is 13.6 Å². The molecule has 0 saturated heterocycles. The summed E-state index contributed by atoms with van der Waals surface area (Å²) in [5.74, 6) is 0. The van der Waals surface area contributed by atoms with E-state index in [1.807, 2.05) is 7.05 Å². The van der Waals surface area contributed by atoms with Gasteiger partial charge in [-0.2, -0.15) is 0 Å². The second kappa shape index (κ2) is 6.49. The first-order chi connectivity index (χ1) is 7.22. The molecule has 0 radical (unpaired) electrons. The highest BCUT2D eigenvalue weighted by atomic mass is 16.5. The number of nitrogens with one attached hydrogen (secondary N) is 1. The van der Waals surface area contributed by atoms with Crippen molar-refractivity contribution in [2.45, 2.75) is 70.5 Å². The van der Waals surface area contributed by atoms with Gasteiger partial charge in [-0.15, -0.1) is 0 Å². The molecular formula is C13H27NO. The molecular weight excluding hydrogens is 186 g/mol. The van der Waals surface area contributed by atoms with Crippen LogP contribution in [0.25, 0.3) is 0 Å². The Morgan fingerprint density at radius 3 is 2.47 bits per heavy atom. The maximum absolute atomic E-state index is 6.30. The number of likely N-dealkylation sites (N-methyl/N-ethyl adjacent to an activating group) is 1. The highest BCUT2D eigenvalue weighted by Crippen LogP contribution is 2.32. The van der Waals surface area contributed by atoms with Crippen LogP contribution in [-0.2, 0) is 4.74 Å². The van der Waals surface area contributed by atoms with E-state index in [1.54, 1.807) is 0 Å². The molecule has 1 fully saturated rings. The minimum absolute atomic E-state index is 0.140. The molecule has 0 aromatic carbocycles. The van der Waals surface area contributed by atoms with Crippen molar-refractivity contribution >= 4 is 0 Å². The highest BCUT2D eigenvalue weighted by molar-refractivity contribution is 4.87. The zero-order valence-electron chi connectivity index (χ0n) is 10.6. The van der Waals surface area contributed by atoms with Gasteiger partial charge in [-0.25, -0.2) is 0 Å². The minimum Gasteiger partial charge on any atom is -0.371 e. The summed E-state index contributed by atoms with van der Waals surface area (Å²) >= 11 is 0. The number of hydrogen-bond donors (Lipinski definition) is 1. The zero-order chi connectivity index (χ0) is 11.1. The van der Waals surface area contributed by atoms with Gasteiger partial charge in [0.05, 0.1) is 11.7 Å². The molecule has 15 heavy (non-hydrogen) atoms. The van der Waals surface area contributed by atoms with Crippen LogP contribution in [0.15, 0.2) is 0 Å². The third-order valence-corrected chi connectivity index (χ3v) is 3.41. The van der Waals surface area contributed by atoms with Crippen LogP contribution in [0, 0.1) is 0 Å². The predicted octanol–water partition coefficient (Wildman–Crippen LogP) is 3.11. The summed E-state index contributed by atoms with van der Waals surface area (Å²) in [5.41, 5.74) is 0.140. The third kappa shape index (κ3) is 4.12. The zero-order valence-corrected chi connectivity index (χ0v) is 10.6. The van der Waals surface area contributed by atoms with E-state index in [1.165, 1.54) is 44.9 Å². The van der Waals surface area contributed by atoms with Gasteiger partial charge in [-0.05, 0) is 33.2 Å². The first kappa shape index (κ1) is 13.0. The van der Waals surface area contributed by atoms with Gasteiger partial charge in [0, 0.05) is 6.54 Å². The van der Waals surface area contributed by atoms with Crippen molar-refractivity contribution in [2.24, 2.45) is 0 Å². The Bertz CT molecular complexity index is 158. The normalized spacial score (nSPS) is 22.6. The van der Waals surface area contributed by atoms with E-state index in [9.17, 15) is 0 Å². The monoisotopic (exact) mass is 213 g/mol. The Morgan fingerprint density at radius 2 is 1.93 bits per heavy atom. The number of rotatable bonds is 6. The Hall–Kier alpha value is -0.0800. The van der Waals surface area contributed by atoms with E-state index < -0.39 is 0 Å². The Morgan fingerprint density at radius 1 is 1.27 bits per heavy atom. The maximum Gasteiger partial charge on any atom is 0.0809 e. The summed E-state index contributed by atoms with van der Waals surface area (Å²) in [6, 6.07) is 0. The SMILES string of the molecule is CCCC(C)OC1(CNC)CCCCC1. The molecule has 0 aromatic heterocycles. The molecule has 2 heteroatoms. The highest BCUT2D eigenvalue weighted by Gasteiger charge is 2.33. The first-order valence-electron chi connectivity index (χ1n) is 6.55. The lowest BCUT2D eigenvalue weighted by Crippen LogP contribution is -2.45. The predicted molar refractivity (Wildman–Crippen MR) is 65.2 cm³/mol. The first-order valence-corrected chi connectivity index (χ1v) is 6.55. The Balaban J connectivity index is 2.47. The van der Waals surface area contributed by atoms with Gasteiger partial charge in [0.2, 0.25) is 0 Å². The van der Waals surface area contributed by atoms with Crippen LogP contribution in [0.4, 0.5) is 0 Å². The van der Waals surface area contributed by atoms with E-state index >= 15 is 0 Å². The van der Waals surface area contributed by atoms with Crippen LogP contribution >= 0.6 is 0 Å². The van der Waals surface area contributed by atoms with E-state index in [-0.39, 0.29) is 5.60 Å². The second-order valence-corrected chi connectivity index (χ2v) is 4.99. The van der Waals surface area contributed by atoms with Gasteiger partial charge in [-0.1, -0.05) is 32.6 Å².